The molecule has 3 heterocycles. The number of hydrogen-bond donors (Lipinski definition) is 2. The monoisotopic (exact) mass is 403 g/mol. The molecule has 0 aliphatic heterocycles. The predicted octanol–water partition coefficient (Wildman–Crippen LogP) is 2.49. The highest BCUT2D eigenvalue weighted by Crippen LogP contribution is 2.36. The highest BCUT2D eigenvalue weighted by molar-refractivity contribution is 7.22. The number of pyridine rings is 1. The number of nitrogens with one attached hydrogen (secondary N) is 1. The van der Waals surface area contributed by atoms with Gasteiger partial charge in [-0.15, -0.1) is 11.3 Å². The van der Waals surface area contributed by atoms with Crippen molar-refractivity contribution in [2.24, 2.45) is 0 Å². The minimum Gasteiger partial charge on any atom is -0.382 e. The van der Waals surface area contributed by atoms with E-state index >= 15 is 0 Å². The topological polar surface area (TPSA) is 88.0 Å². The van der Waals surface area contributed by atoms with E-state index in [0.717, 1.165) is 11.3 Å². The number of thiophene rings is 1. The van der Waals surface area contributed by atoms with Crippen LogP contribution < -0.4 is 11.2 Å². The van der Waals surface area contributed by atoms with Crippen molar-refractivity contribution in [2.75, 3.05) is 0 Å². The molecule has 3 rings (SSSR count). The summed E-state index contributed by atoms with van der Waals surface area (Å²) < 4.78 is 52.2. The number of alkyl halides is 3. The molecule has 11 heteroatoms. The summed E-state index contributed by atoms with van der Waals surface area (Å²) in [4.78, 5) is 30.3. The fraction of sp³-hybridized carbons (Fsp3) is 0.312. The van der Waals surface area contributed by atoms with Crippen LogP contribution in [0.1, 0.15) is 11.1 Å². The van der Waals surface area contributed by atoms with E-state index in [4.69, 9.17) is 0 Å². The van der Waals surface area contributed by atoms with Gasteiger partial charge < -0.3 is 5.11 Å². The molecule has 27 heavy (non-hydrogen) atoms. The third kappa shape index (κ3) is 3.39. The molecule has 0 spiro atoms. The van der Waals surface area contributed by atoms with Crippen LogP contribution in [0.4, 0.5) is 17.6 Å². The van der Waals surface area contributed by atoms with Crippen LogP contribution in [-0.2, 0) is 6.54 Å². The second-order valence-corrected chi connectivity index (χ2v) is 6.99. The van der Waals surface area contributed by atoms with Crippen molar-refractivity contribution in [1.29, 1.82) is 0 Å². The van der Waals surface area contributed by atoms with Crippen molar-refractivity contribution in [2.45, 2.75) is 32.7 Å². The highest BCUT2D eigenvalue weighted by Gasteiger charge is 2.39. The minimum atomic E-state index is -4.92. The number of aryl methyl sites for hydroxylation is 2. The van der Waals surface area contributed by atoms with Crippen molar-refractivity contribution < 1.29 is 22.7 Å². The fourth-order valence-corrected chi connectivity index (χ4v) is 3.97. The molecule has 3 aromatic rings. The third-order valence-corrected chi connectivity index (χ3v) is 5.44. The zero-order valence-electron chi connectivity index (χ0n) is 14.0. The van der Waals surface area contributed by atoms with Crippen molar-refractivity contribution in [1.82, 2.24) is 14.5 Å². The summed E-state index contributed by atoms with van der Waals surface area (Å²) in [5, 5.41) is 9.36. The number of aliphatic hydroxyl groups is 1. The Morgan fingerprint density at radius 3 is 2.59 bits per heavy atom. The van der Waals surface area contributed by atoms with Crippen LogP contribution in [0.25, 0.3) is 20.7 Å². The molecule has 0 saturated carbocycles. The molecular formula is C16H13F4N3O3S. The lowest BCUT2D eigenvalue weighted by Gasteiger charge is -2.15. The van der Waals surface area contributed by atoms with Gasteiger partial charge in [0.05, 0.1) is 11.9 Å². The molecule has 0 aliphatic carbocycles. The summed E-state index contributed by atoms with van der Waals surface area (Å²) in [6, 6.07) is 1.49. The molecule has 144 valence electrons. The highest BCUT2D eigenvalue weighted by atomic mass is 32.1. The summed E-state index contributed by atoms with van der Waals surface area (Å²) >= 11 is 0.901. The Hall–Kier alpha value is -2.53. The third-order valence-electron chi connectivity index (χ3n) is 4.08. The van der Waals surface area contributed by atoms with E-state index in [2.05, 4.69) is 4.98 Å². The van der Waals surface area contributed by atoms with Crippen LogP contribution in [0.2, 0.25) is 0 Å². The SMILES string of the molecule is Cc1cc(-c2sc3c(c2C)c(=O)[nH]c(=O)n3CC(O)C(F)(F)F)cnc1F. The summed E-state index contributed by atoms with van der Waals surface area (Å²) in [5.74, 6) is -0.666. The zero-order valence-corrected chi connectivity index (χ0v) is 14.8. The van der Waals surface area contributed by atoms with Gasteiger partial charge in [-0.1, -0.05) is 0 Å². The fourth-order valence-electron chi connectivity index (χ4n) is 2.67. The van der Waals surface area contributed by atoms with E-state index in [-0.39, 0.29) is 15.8 Å². The Morgan fingerprint density at radius 1 is 1.33 bits per heavy atom. The van der Waals surface area contributed by atoms with Crippen LogP contribution in [0, 0.1) is 19.8 Å². The van der Waals surface area contributed by atoms with Gasteiger partial charge in [0.15, 0.2) is 6.10 Å². The number of fused-ring (bicyclic) bond motifs is 1. The quantitative estimate of drug-likeness (QED) is 0.520. The first kappa shape index (κ1) is 19.2. The lowest BCUT2D eigenvalue weighted by molar-refractivity contribution is -0.207. The number of aliphatic hydroxyl groups excluding tert-OH is 1. The lowest BCUT2D eigenvalue weighted by atomic mass is 10.1. The summed E-state index contributed by atoms with van der Waals surface area (Å²) in [5.41, 5.74) is -0.679. The second-order valence-electron chi connectivity index (χ2n) is 6.00. The van der Waals surface area contributed by atoms with Gasteiger partial charge in [0, 0.05) is 22.2 Å². The van der Waals surface area contributed by atoms with Crippen molar-refractivity contribution in [3.63, 3.8) is 0 Å². The smallest absolute Gasteiger partial charge is 0.382 e. The van der Waals surface area contributed by atoms with Crippen molar-refractivity contribution in [3.8, 4) is 10.4 Å². The lowest BCUT2D eigenvalue weighted by Crippen LogP contribution is -2.38. The Labute approximate surface area is 152 Å². The number of halogens is 4. The molecule has 6 nitrogen and oxygen atoms in total. The second kappa shape index (κ2) is 6.57. The maximum absolute atomic E-state index is 13.4. The largest absolute Gasteiger partial charge is 0.416 e. The standard InChI is InChI=1S/C16H13F4N3O3S/c1-6-3-8(4-21-12(6)17)11-7(2)10-13(25)22-15(26)23(14(10)27-11)5-9(24)16(18,19)20/h3-4,9,24H,5H2,1-2H3,(H,22,25,26). The van der Waals surface area contributed by atoms with Gasteiger partial charge in [-0.05, 0) is 25.5 Å². The Morgan fingerprint density at radius 2 is 2.00 bits per heavy atom. The van der Waals surface area contributed by atoms with Crippen LogP contribution in [0.5, 0.6) is 0 Å². The average Bonchev–Trinajstić information content (AvgIpc) is 2.90. The first-order valence-electron chi connectivity index (χ1n) is 7.64. The summed E-state index contributed by atoms with van der Waals surface area (Å²) in [7, 11) is 0. The number of aromatic nitrogens is 3. The maximum atomic E-state index is 13.4. The molecule has 0 bridgehead atoms. The normalized spacial score (nSPS) is 13.3. The maximum Gasteiger partial charge on any atom is 0.416 e. The van der Waals surface area contributed by atoms with E-state index in [1.807, 2.05) is 4.98 Å². The van der Waals surface area contributed by atoms with E-state index < -0.39 is 36.0 Å². The van der Waals surface area contributed by atoms with Gasteiger partial charge >= 0.3 is 11.9 Å². The number of aromatic amines is 1. The van der Waals surface area contributed by atoms with E-state index in [9.17, 15) is 32.3 Å². The van der Waals surface area contributed by atoms with E-state index in [0.29, 0.717) is 20.6 Å². The van der Waals surface area contributed by atoms with Crippen LogP contribution in [0.3, 0.4) is 0 Å². The Balaban J connectivity index is 2.26. The van der Waals surface area contributed by atoms with Crippen molar-refractivity contribution in [3.05, 3.63) is 50.2 Å². The van der Waals surface area contributed by atoms with Gasteiger partial charge in [0.2, 0.25) is 5.95 Å². The Kier molecular flexibility index (Phi) is 4.68. The molecule has 0 radical (unpaired) electrons. The average molecular weight is 403 g/mol. The number of hydrogen-bond acceptors (Lipinski definition) is 5. The zero-order chi connectivity index (χ0) is 20.1. The van der Waals surface area contributed by atoms with Gasteiger partial charge in [-0.2, -0.15) is 17.6 Å². The van der Waals surface area contributed by atoms with Gasteiger partial charge in [0.25, 0.3) is 5.56 Å². The van der Waals surface area contributed by atoms with E-state index in [1.54, 1.807) is 6.92 Å². The number of nitrogens with zero attached hydrogens (tertiary/aromatic N) is 2. The van der Waals surface area contributed by atoms with Gasteiger partial charge in [-0.3, -0.25) is 14.3 Å². The van der Waals surface area contributed by atoms with Crippen LogP contribution >= 0.6 is 11.3 Å². The first-order valence-corrected chi connectivity index (χ1v) is 8.46. The first-order chi connectivity index (χ1) is 12.5. The molecule has 1 atom stereocenters. The molecule has 1 unspecified atom stereocenters. The molecular weight excluding hydrogens is 390 g/mol. The Bertz CT molecular complexity index is 1150. The van der Waals surface area contributed by atoms with Crippen LogP contribution in [0.15, 0.2) is 21.9 Å². The van der Waals surface area contributed by atoms with E-state index in [1.165, 1.54) is 19.2 Å². The molecule has 0 fully saturated rings. The molecule has 0 aliphatic rings. The van der Waals surface area contributed by atoms with Gasteiger partial charge in [-0.25, -0.2) is 9.78 Å². The minimum absolute atomic E-state index is 0.0125. The molecule has 0 saturated heterocycles. The van der Waals surface area contributed by atoms with Gasteiger partial charge in [0.1, 0.15) is 4.83 Å². The predicted molar refractivity (Wildman–Crippen MR) is 91.4 cm³/mol. The van der Waals surface area contributed by atoms with Crippen molar-refractivity contribution >= 4 is 21.6 Å². The molecule has 2 N–H and O–H groups in total. The summed E-state index contributed by atoms with van der Waals surface area (Å²) in [6.07, 6.45) is -6.46. The molecule has 0 aromatic carbocycles. The number of H-pyrrole nitrogens is 1. The molecule has 3 aromatic heterocycles. The molecule has 0 amide bonds. The van der Waals surface area contributed by atoms with Crippen LogP contribution in [-0.4, -0.2) is 31.9 Å². The summed E-state index contributed by atoms with van der Waals surface area (Å²) in [6.45, 7) is 2.00. The number of rotatable bonds is 3.